The number of hydroxylamine groups is 1. The highest BCUT2D eigenvalue weighted by Crippen LogP contribution is 2.23. The van der Waals surface area contributed by atoms with Crippen LogP contribution in [0.1, 0.15) is 11.1 Å². The molecular weight excluding hydrogens is 228 g/mol. The van der Waals surface area contributed by atoms with E-state index in [4.69, 9.17) is 5.73 Å². The number of aryl methyl sites for hydroxylation is 1. The van der Waals surface area contributed by atoms with E-state index in [1.807, 2.05) is 13.8 Å². The van der Waals surface area contributed by atoms with Gasteiger partial charge >= 0.3 is 0 Å². The Morgan fingerprint density at radius 3 is 2.31 bits per heavy atom. The van der Waals surface area contributed by atoms with Gasteiger partial charge in [0, 0.05) is 12.7 Å². The van der Waals surface area contributed by atoms with Crippen LogP contribution in [0.25, 0.3) is 0 Å². The second-order valence-corrected chi connectivity index (χ2v) is 5.49. The minimum atomic E-state index is -3.62. The largest absolute Gasteiger partial charge is 0.398 e. The quantitative estimate of drug-likeness (QED) is 0.637. The van der Waals surface area contributed by atoms with Gasteiger partial charge in [0.05, 0.1) is 12.0 Å². The molecule has 0 fully saturated rings. The summed E-state index contributed by atoms with van der Waals surface area (Å²) in [5.74, 6) is 0. The minimum Gasteiger partial charge on any atom is -0.398 e. The summed E-state index contributed by atoms with van der Waals surface area (Å²) < 4.78 is 24.7. The highest BCUT2D eigenvalue weighted by Gasteiger charge is 2.21. The number of nitrogens with two attached hydrogens (primary N) is 1. The molecule has 0 spiro atoms. The lowest BCUT2D eigenvalue weighted by atomic mass is 10.1. The first-order chi connectivity index (χ1) is 7.30. The van der Waals surface area contributed by atoms with Crippen LogP contribution in [0.3, 0.4) is 0 Å². The lowest BCUT2D eigenvalue weighted by Gasteiger charge is -2.15. The maximum atomic E-state index is 11.9. The molecule has 0 unspecified atom stereocenters. The predicted molar refractivity (Wildman–Crippen MR) is 62.3 cm³/mol. The van der Waals surface area contributed by atoms with Gasteiger partial charge in [0.15, 0.2) is 0 Å². The molecule has 0 atom stereocenters. The standard InChI is InChI=1S/C10H16N2O3S/c1-7-5-9(6-10(11)8(7)2)16(13,14)12(3)15-4/h5-6H,11H2,1-4H3. The second-order valence-electron chi connectivity index (χ2n) is 3.55. The molecule has 1 aromatic rings. The summed E-state index contributed by atoms with van der Waals surface area (Å²) in [6, 6.07) is 3.02. The molecule has 0 amide bonds. The third kappa shape index (κ3) is 2.18. The van der Waals surface area contributed by atoms with Crippen LogP contribution in [0.5, 0.6) is 0 Å². The van der Waals surface area contributed by atoms with Crippen LogP contribution in [0.2, 0.25) is 0 Å². The Kier molecular flexibility index (Phi) is 3.57. The predicted octanol–water partition coefficient (Wildman–Crippen LogP) is 1.07. The number of hydrogen-bond donors (Lipinski definition) is 1. The van der Waals surface area contributed by atoms with Crippen molar-refractivity contribution in [2.45, 2.75) is 18.7 Å². The molecule has 1 aromatic carbocycles. The number of hydrogen-bond acceptors (Lipinski definition) is 4. The topological polar surface area (TPSA) is 72.6 Å². The molecule has 2 N–H and O–H groups in total. The number of nitrogen functional groups attached to an aromatic ring is 1. The molecule has 0 radical (unpaired) electrons. The third-order valence-electron chi connectivity index (χ3n) is 2.57. The van der Waals surface area contributed by atoms with Gasteiger partial charge in [0.1, 0.15) is 0 Å². The van der Waals surface area contributed by atoms with E-state index in [1.165, 1.54) is 20.2 Å². The SMILES string of the molecule is CON(C)S(=O)(=O)c1cc(C)c(C)c(N)c1. The maximum absolute atomic E-state index is 11.9. The van der Waals surface area contributed by atoms with Crippen LogP contribution >= 0.6 is 0 Å². The number of benzene rings is 1. The highest BCUT2D eigenvalue weighted by molar-refractivity contribution is 7.89. The van der Waals surface area contributed by atoms with Gasteiger partial charge in [-0.2, -0.15) is 0 Å². The smallest absolute Gasteiger partial charge is 0.264 e. The molecule has 0 aliphatic carbocycles. The summed E-state index contributed by atoms with van der Waals surface area (Å²) in [4.78, 5) is 4.82. The van der Waals surface area contributed by atoms with Gasteiger partial charge in [0.2, 0.25) is 0 Å². The fraction of sp³-hybridized carbons (Fsp3) is 0.400. The number of rotatable bonds is 3. The number of sulfonamides is 1. The second kappa shape index (κ2) is 4.40. The fourth-order valence-electron chi connectivity index (χ4n) is 1.25. The van der Waals surface area contributed by atoms with Gasteiger partial charge in [-0.15, -0.1) is 0 Å². The Morgan fingerprint density at radius 2 is 1.88 bits per heavy atom. The van der Waals surface area contributed by atoms with Gasteiger partial charge < -0.3 is 5.73 Å². The average Bonchev–Trinajstić information content (AvgIpc) is 2.23. The zero-order chi connectivity index (χ0) is 12.5. The molecule has 0 saturated heterocycles. The molecule has 0 aliphatic rings. The van der Waals surface area contributed by atoms with Crippen LogP contribution in [0.4, 0.5) is 5.69 Å². The molecule has 5 nitrogen and oxygen atoms in total. The maximum Gasteiger partial charge on any atom is 0.264 e. The van der Waals surface area contributed by atoms with Crippen molar-refractivity contribution < 1.29 is 13.3 Å². The molecule has 0 heterocycles. The summed E-state index contributed by atoms with van der Waals surface area (Å²) >= 11 is 0. The first-order valence-corrected chi connectivity index (χ1v) is 6.14. The highest BCUT2D eigenvalue weighted by atomic mass is 32.2. The van der Waals surface area contributed by atoms with E-state index >= 15 is 0 Å². The molecule has 6 heteroatoms. The van der Waals surface area contributed by atoms with Crippen molar-refractivity contribution in [3.05, 3.63) is 23.3 Å². The molecule has 0 bridgehead atoms. The van der Waals surface area contributed by atoms with E-state index in [-0.39, 0.29) is 4.90 Å². The average molecular weight is 244 g/mol. The van der Waals surface area contributed by atoms with Crippen molar-refractivity contribution in [3.8, 4) is 0 Å². The lowest BCUT2D eigenvalue weighted by molar-refractivity contribution is -0.0258. The van der Waals surface area contributed by atoms with Gasteiger partial charge in [-0.25, -0.2) is 8.42 Å². The fourth-order valence-corrected chi connectivity index (χ4v) is 2.34. The van der Waals surface area contributed by atoms with Crippen LogP contribution in [0, 0.1) is 13.8 Å². The number of anilines is 1. The Bertz CT molecular complexity index is 474. The van der Waals surface area contributed by atoms with Crippen LogP contribution in [-0.2, 0) is 14.9 Å². The Labute approximate surface area is 95.8 Å². The van der Waals surface area contributed by atoms with E-state index < -0.39 is 10.0 Å². The third-order valence-corrected chi connectivity index (χ3v) is 4.23. The van der Waals surface area contributed by atoms with Gasteiger partial charge in [-0.1, -0.05) is 4.47 Å². The van der Waals surface area contributed by atoms with Crippen molar-refractivity contribution in [1.29, 1.82) is 0 Å². The van der Waals surface area contributed by atoms with Crippen LogP contribution in [0.15, 0.2) is 17.0 Å². The van der Waals surface area contributed by atoms with Crippen LogP contribution in [-0.4, -0.2) is 27.0 Å². The zero-order valence-electron chi connectivity index (χ0n) is 9.81. The Balaban J connectivity index is 3.36. The summed E-state index contributed by atoms with van der Waals surface area (Å²) in [6.45, 7) is 3.67. The van der Waals surface area contributed by atoms with E-state index in [1.54, 1.807) is 6.07 Å². The monoisotopic (exact) mass is 244 g/mol. The van der Waals surface area contributed by atoms with E-state index in [0.29, 0.717) is 5.69 Å². The normalized spacial score (nSPS) is 12.1. The molecule has 1 rings (SSSR count). The molecule has 16 heavy (non-hydrogen) atoms. The lowest BCUT2D eigenvalue weighted by Crippen LogP contribution is -2.26. The summed E-state index contributed by atoms with van der Waals surface area (Å²) in [6.07, 6.45) is 0. The molecule has 0 saturated carbocycles. The van der Waals surface area contributed by atoms with Crippen molar-refractivity contribution in [2.24, 2.45) is 0 Å². The first-order valence-electron chi connectivity index (χ1n) is 4.70. The minimum absolute atomic E-state index is 0.137. The van der Waals surface area contributed by atoms with Crippen molar-refractivity contribution in [3.63, 3.8) is 0 Å². The Hall–Kier alpha value is -1.11. The Morgan fingerprint density at radius 1 is 1.31 bits per heavy atom. The molecule has 0 aliphatic heterocycles. The summed E-state index contributed by atoms with van der Waals surface area (Å²) in [7, 11) is -0.992. The molecular formula is C10H16N2O3S. The number of nitrogens with zero attached hydrogens (tertiary/aromatic N) is 1. The van der Waals surface area contributed by atoms with Gasteiger partial charge in [-0.05, 0) is 37.1 Å². The van der Waals surface area contributed by atoms with E-state index in [0.717, 1.165) is 15.6 Å². The van der Waals surface area contributed by atoms with Gasteiger partial charge in [0.25, 0.3) is 10.0 Å². The van der Waals surface area contributed by atoms with E-state index in [2.05, 4.69) is 4.84 Å². The molecule has 0 aromatic heterocycles. The van der Waals surface area contributed by atoms with E-state index in [9.17, 15) is 8.42 Å². The van der Waals surface area contributed by atoms with Crippen LogP contribution < -0.4 is 5.73 Å². The van der Waals surface area contributed by atoms with Gasteiger partial charge in [-0.3, -0.25) is 4.84 Å². The zero-order valence-corrected chi connectivity index (χ0v) is 10.6. The summed E-state index contributed by atoms with van der Waals surface area (Å²) in [5.41, 5.74) is 7.92. The first kappa shape index (κ1) is 13.0. The van der Waals surface area contributed by atoms with Crippen molar-refractivity contribution in [1.82, 2.24) is 4.47 Å². The molecule has 90 valence electrons. The van der Waals surface area contributed by atoms with Crippen molar-refractivity contribution in [2.75, 3.05) is 19.9 Å². The van der Waals surface area contributed by atoms with Crippen molar-refractivity contribution >= 4 is 15.7 Å². The summed E-state index contributed by atoms with van der Waals surface area (Å²) in [5, 5.41) is 0.